The van der Waals surface area contributed by atoms with Crippen molar-refractivity contribution < 1.29 is 22.7 Å². The van der Waals surface area contributed by atoms with Gasteiger partial charge in [0, 0.05) is 23.0 Å². The van der Waals surface area contributed by atoms with Crippen LogP contribution in [-0.2, 0) is 6.42 Å². The number of anilines is 1. The number of nitrogens with zero attached hydrogens (tertiary/aromatic N) is 6. The summed E-state index contributed by atoms with van der Waals surface area (Å²) in [5.41, 5.74) is 3.88. The van der Waals surface area contributed by atoms with Gasteiger partial charge in [-0.15, -0.1) is 18.3 Å². The van der Waals surface area contributed by atoms with Crippen LogP contribution in [0.5, 0.6) is 5.75 Å². The molecule has 2 heterocycles. The number of halogens is 3. The number of para-hydroxylation sites is 1. The zero-order chi connectivity index (χ0) is 31.3. The number of carbonyl (C=O) groups is 1. The molecule has 0 spiro atoms. The first-order valence-electron chi connectivity index (χ1n) is 13.8. The number of urea groups is 1. The van der Waals surface area contributed by atoms with Gasteiger partial charge in [-0.25, -0.2) is 14.5 Å². The predicted octanol–water partition coefficient (Wildman–Crippen LogP) is 7.06. The summed E-state index contributed by atoms with van der Waals surface area (Å²) in [5.74, 6) is 0.865. The van der Waals surface area contributed by atoms with Crippen molar-refractivity contribution in [3.8, 4) is 28.9 Å². The van der Waals surface area contributed by atoms with Crippen LogP contribution in [0.25, 0.3) is 17.1 Å². The molecular weight excluding hydrogens is 591 g/mol. The predicted molar refractivity (Wildman–Crippen MR) is 163 cm³/mol. The molecule has 1 fully saturated rings. The molecule has 3 aromatic carbocycles. The highest BCUT2D eigenvalue weighted by Crippen LogP contribution is 2.32. The lowest BCUT2D eigenvalue weighted by molar-refractivity contribution is -0.274. The maximum atomic E-state index is 13.0. The molecular formula is C31H28F3N7O2S. The Balaban J connectivity index is 1.28. The van der Waals surface area contributed by atoms with Gasteiger partial charge in [0.25, 0.3) is 0 Å². The van der Waals surface area contributed by atoms with Gasteiger partial charge in [0.15, 0.2) is 11.0 Å². The van der Waals surface area contributed by atoms with Crippen LogP contribution in [0.1, 0.15) is 37.4 Å². The average Bonchev–Trinajstić information content (AvgIpc) is 3.50. The number of aliphatic imine (C=N–C) groups is 1. The highest BCUT2D eigenvalue weighted by atomic mass is 32.2. The standard InChI is InChI=1S/C31H28F3N7O2S/c1-3-21-6-4-5-7-27(21)41-20(2)16-17-44-30(41)38-29(42)37-26(18-35)22-8-10-23(11-9-22)28-36-19-40(39-28)24-12-14-25(15-13-24)43-31(32,33)34/h4-15,19-20,26H,3,16-17H2,1-2H3,(H,37,42). The molecule has 1 aliphatic heterocycles. The normalized spacial score (nSPS) is 16.8. The van der Waals surface area contributed by atoms with Gasteiger partial charge in [-0.1, -0.05) is 61.2 Å². The van der Waals surface area contributed by atoms with E-state index in [0.29, 0.717) is 27.8 Å². The number of carbonyl (C=O) groups excluding carboxylic acids is 1. The average molecular weight is 620 g/mol. The van der Waals surface area contributed by atoms with Gasteiger partial charge in [0.2, 0.25) is 0 Å². The van der Waals surface area contributed by atoms with E-state index in [4.69, 9.17) is 0 Å². The summed E-state index contributed by atoms with van der Waals surface area (Å²) in [6.45, 7) is 4.20. The topological polar surface area (TPSA) is 108 Å². The number of thioether (sulfide) groups is 1. The van der Waals surface area contributed by atoms with E-state index >= 15 is 0 Å². The van der Waals surface area contributed by atoms with Crippen molar-refractivity contribution in [2.45, 2.75) is 45.1 Å². The Morgan fingerprint density at radius 2 is 1.89 bits per heavy atom. The number of benzene rings is 3. The summed E-state index contributed by atoms with van der Waals surface area (Å²) in [6, 6.07) is 20.9. The van der Waals surface area contributed by atoms with E-state index in [1.54, 1.807) is 24.3 Å². The Labute approximate surface area is 256 Å². The zero-order valence-corrected chi connectivity index (χ0v) is 24.6. The minimum Gasteiger partial charge on any atom is -0.406 e. The molecule has 0 radical (unpaired) electrons. The molecule has 0 aliphatic carbocycles. The molecule has 0 bridgehead atoms. The fraction of sp³-hybridized carbons (Fsp3) is 0.258. The molecule has 2 unspecified atom stereocenters. The Kier molecular flexibility index (Phi) is 9.20. The van der Waals surface area contributed by atoms with E-state index in [0.717, 1.165) is 29.8 Å². The summed E-state index contributed by atoms with van der Waals surface area (Å²) in [4.78, 5) is 23.8. The number of hydrogen-bond donors (Lipinski definition) is 1. The number of aromatic nitrogens is 3. The third kappa shape index (κ3) is 7.20. The maximum absolute atomic E-state index is 13.0. The zero-order valence-electron chi connectivity index (χ0n) is 23.8. The molecule has 1 N–H and O–H groups in total. The second-order valence-corrected chi connectivity index (χ2v) is 11.0. The van der Waals surface area contributed by atoms with Crippen molar-refractivity contribution in [2.24, 2.45) is 4.99 Å². The molecule has 2 atom stereocenters. The summed E-state index contributed by atoms with van der Waals surface area (Å²) in [7, 11) is 0. The van der Waals surface area contributed by atoms with Gasteiger partial charge in [0.05, 0.1) is 11.8 Å². The van der Waals surface area contributed by atoms with Crippen LogP contribution >= 0.6 is 11.8 Å². The Bertz CT molecular complexity index is 1680. The molecule has 13 heteroatoms. The molecule has 0 saturated carbocycles. The van der Waals surface area contributed by atoms with Crippen LogP contribution in [0.3, 0.4) is 0 Å². The van der Waals surface area contributed by atoms with Crippen LogP contribution in [-0.4, -0.2) is 44.1 Å². The van der Waals surface area contributed by atoms with Crippen molar-refractivity contribution in [3.05, 3.63) is 90.3 Å². The molecule has 9 nitrogen and oxygen atoms in total. The van der Waals surface area contributed by atoms with Crippen molar-refractivity contribution in [3.63, 3.8) is 0 Å². The highest BCUT2D eigenvalue weighted by molar-refractivity contribution is 8.14. The van der Waals surface area contributed by atoms with E-state index in [1.807, 2.05) is 18.2 Å². The third-order valence-corrected chi connectivity index (χ3v) is 7.95. The van der Waals surface area contributed by atoms with E-state index in [-0.39, 0.29) is 11.8 Å². The second-order valence-electron chi connectivity index (χ2n) is 9.92. The number of amides is 2. The number of amidine groups is 1. The smallest absolute Gasteiger partial charge is 0.406 e. The maximum Gasteiger partial charge on any atom is 0.573 e. The van der Waals surface area contributed by atoms with E-state index in [1.165, 1.54) is 47.0 Å². The van der Waals surface area contributed by atoms with Gasteiger partial charge in [-0.2, -0.15) is 10.3 Å². The van der Waals surface area contributed by atoms with Crippen molar-refractivity contribution in [1.82, 2.24) is 20.1 Å². The van der Waals surface area contributed by atoms with E-state index in [9.17, 15) is 23.2 Å². The molecule has 1 aromatic heterocycles. The lowest BCUT2D eigenvalue weighted by Crippen LogP contribution is -2.42. The highest BCUT2D eigenvalue weighted by Gasteiger charge is 2.31. The third-order valence-electron chi connectivity index (χ3n) is 6.97. The molecule has 5 rings (SSSR count). The molecule has 1 aliphatic rings. The summed E-state index contributed by atoms with van der Waals surface area (Å²) < 4.78 is 42.6. The van der Waals surface area contributed by atoms with Gasteiger partial charge in [-0.3, -0.25) is 0 Å². The number of alkyl halides is 3. The number of nitriles is 1. The molecule has 2 amide bonds. The van der Waals surface area contributed by atoms with Gasteiger partial charge in [0.1, 0.15) is 18.1 Å². The Morgan fingerprint density at radius 1 is 1.16 bits per heavy atom. The first-order valence-corrected chi connectivity index (χ1v) is 14.8. The molecule has 226 valence electrons. The van der Waals surface area contributed by atoms with E-state index in [2.05, 4.69) is 56.0 Å². The molecule has 4 aromatic rings. The minimum atomic E-state index is -4.77. The molecule has 1 saturated heterocycles. The molecule has 44 heavy (non-hydrogen) atoms. The van der Waals surface area contributed by atoms with Crippen LogP contribution < -0.4 is 15.0 Å². The number of nitrogens with one attached hydrogen (secondary N) is 1. The fourth-order valence-corrected chi connectivity index (χ4v) is 5.96. The van der Waals surface area contributed by atoms with E-state index < -0.39 is 18.4 Å². The van der Waals surface area contributed by atoms with Crippen molar-refractivity contribution in [1.29, 1.82) is 5.26 Å². The Morgan fingerprint density at radius 3 is 2.57 bits per heavy atom. The number of aryl methyl sites for hydroxylation is 1. The Hall–Kier alpha value is -4.83. The van der Waals surface area contributed by atoms with Crippen LogP contribution in [0.15, 0.2) is 84.1 Å². The van der Waals surface area contributed by atoms with Crippen molar-refractivity contribution in [2.75, 3.05) is 10.7 Å². The number of ether oxygens (including phenoxy) is 1. The summed E-state index contributed by atoms with van der Waals surface area (Å²) >= 11 is 1.52. The quantitative estimate of drug-likeness (QED) is 0.236. The van der Waals surface area contributed by atoms with Crippen LogP contribution in [0.4, 0.5) is 23.7 Å². The largest absolute Gasteiger partial charge is 0.573 e. The SMILES string of the molecule is CCc1ccccc1N1C(=NC(=O)NC(C#N)c2ccc(-c3ncn(-c4ccc(OC(F)(F)F)cc4)n3)cc2)SCCC1C. The van der Waals surface area contributed by atoms with Crippen LogP contribution in [0.2, 0.25) is 0 Å². The van der Waals surface area contributed by atoms with Crippen molar-refractivity contribution >= 4 is 28.6 Å². The van der Waals surface area contributed by atoms with Crippen LogP contribution in [0, 0.1) is 11.3 Å². The lowest BCUT2D eigenvalue weighted by Gasteiger charge is -2.36. The number of rotatable bonds is 7. The summed E-state index contributed by atoms with van der Waals surface area (Å²) in [6.07, 6.45) is -1.54. The second kappa shape index (κ2) is 13.2. The summed E-state index contributed by atoms with van der Waals surface area (Å²) in [5, 5.41) is 17.5. The monoisotopic (exact) mass is 619 g/mol. The minimum absolute atomic E-state index is 0.162. The lowest BCUT2D eigenvalue weighted by atomic mass is 10.1. The van der Waals surface area contributed by atoms with Gasteiger partial charge < -0.3 is 15.0 Å². The van der Waals surface area contributed by atoms with Gasteiger partial charge >= 0.3 is 12.4 Å². The first-order chi connectivity index (χ1) is 21.1. The number of hydrogen-bond acceptors (Lipinski definition) is 6. The fourth-order valence-electron chi connectivity index (χ4n) is 4.76. The van der Waals surface area contributed by atoms with Gasteiger partial charge in [-0.05, 0) is 61.2 Å². The first kappa shape index (κ1) is 30.6.